The van der Waals surface area contributed by atoms with Crippen LogP contribution >= 0.6 is 0 Å². The molecule has 2 N–H and O–H groups in total. The normalized spacial score (nSPS) is 19.3. The molecule has 0 bridgehead atoms. The van der Waals surface area contributed by atoms with Gasteiger partial charge in [0, 0.05) is 81.1 Å². The van der Waals surface area contributed by atoms with E-state index >= 15 is 4.39 Å². The van der Waals surface area contributed by atoms with Crippen LogP contribution in [-0.4, -0.2) is 91.8 Å². The Bertz CT molecular complexity index is 1640. The Kier molecular flexibility index (Phi) is 10.4. The van der Waals surface area contributed by atoms with Gasteiger partial charge in [0.15, 0.2) is 17.3 Å². The quantitative estimate of drug-likeness (QED) is 0.176. The van der Waals surface area contributed by atoms with Crippen molar-refractivity contribution in [2.75, 3.05) is 45.2 Å². The van der Waals surface area contributed by atoms with E-state index < -0.39 is 5.82 Å². The summed E-state index contributed by atoms with van der Waals surface area (Å²) in [5, 5.41) is 0. The third kappa shape index (κ3) is 7.71. The summed E-state index contributed by atoms with van der Waals surface area (Å²) in [6.45, 7) is 14.4. The summed E-state index contributed by atoms with van der Waals surface area (Å²) in [6, 6.07) is 12.1. The first-order chi connectivity index (χ1) is 22.6. The number of nitrogens with two attached hydrogens (primary N) is 1. The molecule has 0 saturated carbocycles. The van der Waals surface area contributed by atoms with Gasteiger partial charge in [-0.25, -0.2) is 14.4 Å². The number of piperidine rings is 1. The Morgan fingerprint density at radius 3 is 2.38 bits per heavy atom. The number of carbonyl (C=O) groups excluding carboxylic acids is 1. The van der Waals surface area contributed by atoms with Gasteiger partial charge >= 0.3 is 0 Å². The van der Waals surface area contributed by atoms with Crippen LogP contribution in [0.2, 0.25) is 0 Å². The molecule has 248 valence electrons. The van der Waals surface area contributed by atoms with E-state index in [1.165, 1.54) is 25.3 Å². The van der Waals surface area contributed by atoms with E-state index in [9.17, 15) is 4.79 Å². The number of methoxy groups -OCH3 is 1. The van der Waals surface area contributed by atoms with Gasteiger partial charge in [-0.05, 0) is 58.0 Å². The number of rotatable bonds is 10. The fourth-order valence-electron chi connectivity index (χ4n) is 5.83. The number of pyridine rings is 1. The summed E-state index contributed by atoms with van der Waals surface area (Å²) in [5.74, 6) is 1.86. The lowest BCUT2D eigenvalue weighted by molar-refractivity contribution is -0.127. The minimum absolute atomic E-state index is 0.0216. The smallest absolute Gasteiger partial charge is 0.245 e. The van der Waals surface area contributed by atoms with E-state index in [0.29, 0.717) is 72.3 Å². The predicted octanol–water partition coefficient (Wildman–Crippen LogP) is 5.48. The first kappa shape index (κ1) is 33.4. The van der Waals surface area contributed by atoms with Gasteiger partial charge in [-0.1, -0.05) is 6.58 Å². The van der Waals surface area contributed by atoms with Gasteiger partial charge in [0.05, 0.1) is 12.8 Å². The van der Waals surface area contributed by atoms with E-state index in [0.717, 1.165) is 18.9 Å². The summed E-state index contributed by atoms with van der Waals surface area (Å²) in [4.78, 5) is 31.3. The summed E-state index contributed by atoms with van der Waals surface area (Å²) in [6.07, 6.45) is 4.13. The van der Waals surface area contributed by atoms with E-state index in [4.69, 9.17) is 19.9 Å². The number of carbonyl (C=O) groups is 1. The SMILES string of the molecule is C=CC(=O)N1CCC(Oc2cc(C(N)=Nc3ccc(Oc4ccnc(N5C[C@@H](C)N(C)[C@@H](C)C5)c4)cc3F)c(N=C)cc2OC)CC1. The lowest BCUT2D eigenvalue weighted by Crippen LogP contribution is -2.55. The maximum Gasteiger partial charge on any atom is 0.245 e. The molecule has 5 rings (SSSR count). The molecule has 3 heterocycles. The molecule has 2 aliphatic heterocycles. The average molecular weight is 644 g/mol. The Hall–Kier alpha value is -4.97. The third-order valence-electron chi connectivity index (χ3n) is 8.75. The van der Waals surface area contributed by atoms with Crippen LogP contribution in [0.25, 0.3) is 0 Å². The van der Waals surface area contributed by atoms with Crippen molar-refractivity contribution >= 4 is 35.7 Å². The molecular weight excluding hydrogens is 601 g/mol. The predicted molar refractivity (Wildman–Crippen MR) is 183 cm³/mol. The minimum Gasteiger partial charge on any atom is -0.493 e. The second kappa shape index (κ2) is 14.6. The molecule has 12 heteroatoms. The maximum atomic E-state index is 15.3. The molecule has 1 amide bonds. The summed E-state index contributed by atoms with van der Waals surface area (Å²) >= 11 is 0. The van der Waals surface area contributed by atoms with Crippen LogP contribution in [0, 0.1) is 5.82 Å². The molecule has 0 aliphatic carbocycles. The number of piperazine rings is 1. The van der Waals surface area contributed by atoms with Crippen molar-refractivity contribution in [3.8, 4) is 23.0 Å². The highest BCUT2D eigenvalue weighted by molar-refractivity contribution is 6.04. The van der Waals surface area contributed by atoms with Crippen LogP contribution in [0.5, 0.6) is 23.0 Å². The number of aliphatic imine (C=N–C) groups is 2. The van der Waals surface area contributed by atoms with Crippen LogP contribution in [0.15, 0.2) is 71.3 Å². The van der Waals surface area contributed by atoms with Crippen molar-refractivity contribution in [1.82, 2.24) is 14.8 Å². The van der Waals surface area contributed by atoms with E-state index in [1.807, 2.05) is 6.07 Å². The molecule has 2 aromatic carbocycles. The molecule has 2 fully saturated rings. The number of amidine groups is 1. The number of halogens is 1. The molecular formula is C35H42FN7O4. The van der Waals surface area contributed by atoms with Gasteiger partial charge in [0.25, 0.3) is 0 Å². The highest BCUT2D eigenvalue weighted by atomic mass is 19.1. The molecule has 0 spiro atoms. The number of likely N-dealkylation sites (N-methyl/N-ethyl adjacent to an activating group) is 1. The monoisotopic (exact) mass is 643 g/mol. The molecule has 2 saturated heterocycles. The lowest BCUT2D eigenvalue weighted by Gasteiger charge is -2.43. The summed E-state index contributed by atoms with van der Waals surface area (Å²) < 4.78 is 33.2. The average Bonchev–Trinajstić information content (AvgIpc) is 3.08. The summed E-state index contributed by atoms with van der Waals surface area (Å²) in [7, 11) is 3.66. The van der Waals surface area contributed by atoms with Gasteiger partial charge in [0.1, 0.15) is 34.9 Å². The van der Waals surface area contributed by atoms with Gasteiger partial charge < -0.3 is 29.7 Å². The zero-order valence-electron chi connectivity index (χ0n) is 27.4. The topological polar surface area (TPSA) is 118 Å². The molecule has 2 atom stereocenters. The number of hydrogen-bond acceptors (Lipinski definition) is 9. The van der Waals surface area contributed by atoms with Crippen LogP contribution in [0.1, 0.15) is 32.3 Å². The van der Waals surface area contributed by atoms with Gasteiger partial charge in [-0.15, -0.1) is 0 Å². The number of anilines is 1. The van der Waals surface area contributed by atoms with Crippen LogP contribution in [0.3, 0.4) is 0 Å². The van der Waals surface area contributed by atoms with E-state index in [-0.39, 0.29) is 23.5 Å². The molecule has 3 aromatic rings. The van der Waals surface area contributed by atoms with Crippen molar-refractivity contribution < 1.29 is 23.4 Å². The molecule has 0 unspecified atom stereocenters. The number of hydrogen-bond donors (Lipinski definition) is 1. The van der Waals surface area contributed by atoms with Crippen molar-refractivity contribution in [3.63, 3.8) is 0 Å². The number of likely N-dealkylation sites (tertiary alicyclic amines) is 1. The Morgan fingerprint density at radius 2 is 1.74 bits per heavy atom. The number of ether oxygens (including phenoxy) is 3. The lowest BCUT2D eigenvalue weighted by atomic mass is 10.1. The number of aromatic nitrogens is 1. The molecule has 11 nitrogen and oxygen atoms in total. The molecule has 0 radical (unpaired) electrons. The van der Waals surface area contributed by atoms with Crippen molar-refractivity contribution in [2.24, 2.45) is 15.7 Å². The van der Waals surface area contributed by atoms with Crippen molar-refractivity contribution in [1.29, 1.82) is 0 Å². The Morgan fingerprint density at radius 1 is 1.04 bits per heavy atom. The Labute approximate surface area is 275 Å². The largest absolute Gasteiger partial charge is 0.493 e. The fraction of sp³-hybridized carbons (Fsp3) is 0.371. The first-order valence-electron chi connectivity index (χ1n) is 15.6. The number of nitrogens with zero attached hydrogens (tertiary/aromatic N) is 6. The highest BCUT2D eigenvalue weighted by Gasteiger charge is 2.28. The van der Waals surface area contributed by atoms with Gasteiger partial charge in [-0.3, -0.25) is 14.7 Å². The van der Waals surface area contributed by atoms with Crippen LogP contribution < -0.4 is 24.8 Å². The molecule has 47 heavy (non-hydrogen) atoms. The highest BCUT2D eigenvalue weighted by Crippen LogP contribution is 2.37. The standard InChI is InChI=1S/C35H42FN7O4/c1-7-34(44)42-14-11-24(12-15-42)47-32-18-27(30(38-4)19-31(32)45-6)35(37)40-29-9-8-25(16-28(29)36)46-26-10-13-39-33(17-26)43-20-22(2)41(5)23(3)21-43/h7-10,13,16-19,22-24H,1,4,11-12,14-15,20-21H2,2-3,5-6H3,(H2,37,40)/t22-,23+. The van der Waals surface area contributed by atoms with Crippen LogP contribution in [-0.2, 0) is 4.79 Å². The number of amides is 1. The molecule has 2 aliphatic rings. The summed E-state index contributed by atoms with van der Waals surface area (Å²) in [5.41, 5.74) is 7.25. The minimum atomic E-state index is -0.611. The number of benzene rings is 2. The van der Waals surface area contributed by atoms with Crippen molar-refractivity contribution in [2.45, 2.75) is 44.9 Å². The van der Waals surface area contributed by atoms with Gasteiger partial charge in [0.2, 0.25) is 5.91 Å². The van der Waals surface area contributed by atoms with Gasteiger partial charge in [-0.2, -0.15) is 0 Å². The maximum absolute atomic E-state index is 15.3. The van der Waals surface area contributed by atoms with E-state index in [1.54, 1.807) is 35.4 Å². The fourth-order valence-corrected chi connectivity index (χ4v) is 5.83. The second-order valence-electron chi connectivity index (χ2n) is 11.9. The third-order valence-corrected chi connectivity index (χ3v) is 8.75. The second-order valence-corrected chi connectivity index (χ2v) is 11.9. The Balaban J connectivity index is 1.32. The zero-order chi connectivity index (χ0) is 33.7. The zero-order valence-corrected chi connectivity index (χ0v) is 27.4. The first-order valence-corrected chi connectivity index (χ1v) is 15.6. The van der Waals surface area contributed by atoms with Crippen molar-refractivity contribution in [3.05, 3.63) is 72.7 Å². The van der Waals surface area contributed by atoms with E-state index in [2.05, 4.69) is 59.0 Å². The van der Waals surface area contributed by atoms with Crippen LogP contribution in [0.4, 0.5) is 21.6 Å². The molecule has 1 aromatic heterocycles.